The van der Waals surface area contributed by atoms with Crippen LogP contribution in [0.2, 0.25) is 0 Å². The zero-order valence-corrected chi connectivity index (χ0v) is 15.4. The molecule has 146 valence electrons. The third-order valence-corrected chi connectivity index (χ3v) is 4.83. The van der Waals surface area contributed by atoms with Crippen LogP contribution in [0.5, 0.6) is 0 Å². The van der Waals surface area contributed by atoms with E-state index in [4.69, 9.17) is 4.74 Å². The molecule has 0 unspecified atom stereocenters. The Morgan fingerprint density at radius 2 is 1.89 bits per heavy atom. The van der Waals surface area contributed by atoms with Crippen molar-refractivity contribution < 1.29 is 24.0 Å². The molecule has 1 saturated carbocycles. The summed E-state index contributed by atoms with van der Waals surface area (Å²) in [6.45, 7) is 0.0437. The van der Waals surface area contributed by atoms with Crippen LogP contribution in [0.15, 0.2) is 35.3 Å². The summed E-state index contributed by atoms with van der Waals surface area (Å²) >= 11 is 0. The molecule has 1 fully saturated rings. The zero-order valence-electron chi connectivity index (χ0n) is 15.4. The van der Waals surface area contributed by atoms with Gasteiger partial charge in [-0.05, 0) is 31.2 Å². The summed E-state index contributed by atoms with van der Waals surface area (Å²) in [6.07, 6.45) is 2.73. The molecule has 1 aliphatic carbocycles. The van der Waals surface area contributed by atoms with Crippen LogP contribution in [-0.4, -0.2) is 35.3 Å². The smallest absolute Gasteiger partial charge is 0.434 e. The summed E-state index contributed by atoms with van der Waals surface area (Å²) in [4.78, 5) is 38.7. The maximum atomic E-state index is 11.9. The molecule has 0 aliphatic heterocycles. The number of aliphatic imine (C=N–C) groups is 1. The summed E-state index contributed by atoms with van der Waals surface area (Å²) in [6, 6.07) is 9.09. The van der Waals surface area contributed by atoms with E-state index < -0.39 is 17.6 Å². The normalized spacial score (nSPS) is 16.0. The van der Waals surface area contributed by atoms with Gasteiger partial charge in [-0.15, -0.1) is 0 Å². The van der Waals surface area contributed by atoms with E-state index in [1.165, 1.54) is 7.11 Å². The van der Waals surface area contributed by atoms with Crippen molar-refractivity contribution in [2.24, 2.45) is 4.99 Å². The third kappa shape index (κ3) is 5.87. The number of ether oxygens (including phenoxy) is 2. The lowest BCUT2D eigenvalue weighted by Gasteiger charge is -2.19. The number of benzene rings is 1. The first-order chi connectivity index (χ1) is 13.0. The molecular formula is C19H24N2O6. The van der Waals surface area contributed by atoms with Crippen molar-refractivity contribution in [3.63, 3.8) is 0 Å². The highest BCUT2D eigenvalue weighted by Gasteiger charge is 2.44. The Morgan fingerprint density at radius 1 is 1.22 bits per heavy atom. The third-order valence-electron chi connectivity index (χ3n) is 4.83. The number of carbonyl (C=O) groups is 2. The van der Waals surface area contributed by atoms with E-state index in [9.17, 15) is 19.7 Å². The van der Waals surface area contributed by atoms with Gasteiger partial charge in [0.2, 0.25) is 5.54 Å². The van der Waals surface area contributed by atoms with E-state index in [0.717, 1.165) is 18.4 Å². The van der Waals surface area contributed by atoms with Crippen LogP contribution >= 0.6 is 0 Å². The summed E-state index contributed by atoms with van der Waals surface area (Å²) in [5, 5.41) is 11.4. The number of amides is 1. The molecule has 0 spiro atoms. The quantitative estimate of drug-likeness (QED) is 0.296. The number of carbonyl (C=O) groups excluding carboxylic acids is 2. The first-order valence-corrected chi connectivity index (χ1v) is 8.98. The van der Waals surface area contributed by atoms with Crippen LogP contribution in [0.4, 0.5) is 4.79 Å². The van der Waals surface area contributed by atoms with Crippen LogP contribution in [0, 0.1) is 10.1 Å². The molecule has 0 atom stereocenters. The van der Waals surface area contributed by atoms with Crippen LogP contribution in [0.1, 0.15) is 50.5 Å². The van der Waals surface area contributed by atoms with Crippen LogP contribution < -0.4 is 0 Å². The molecule has 8 heteroatoms. The predicted molar refractivity (Wildman–Crippen MR) is 98.1 cm³/mol. The van der Waals surface area contributed by atoms with Gasteiger partial charge in [-0.2, -0.15) is 4.99 Å². The number of nitrogens with zero attached hydrogens (tertiary/aromatic N) is 2. The summed E-state index contributed by atoms with van der Waals surface area (Å²) in [7, 11) is 1.20. The topological polar surface area (TPSA) is 108 Å². The van der Waals surface area contributed by atoms with Gasteiger partial charge in [-0.25, -0.2) is 9.59 Å². The van der Waals surface area contributed by atoms with Crippen LogP contribution in [-0.2, 0) is 20.9 Å². The van der Waals surface area contributed by atoms with Crippen molar-refractivity contribution in [1.29, 1.82) is 0 Å². The fourth-order valence-electron chi connectivity index (χ4n) is 3.33. The van der Waals surface area contributed by atoms with E-state index >= 15 is 0 Å². The molecule has 0 N–H and O–H groups in total. The first-order valence-electron chi connectivity index (χ1n) is 8.98. The Morgan fingerprint density at radius 3 is 2.48 bits per heavy atom. The zero-order chi connectivity index (χ0) is 19.7. The maximum Gasteiger partial charge on any atom is 0.434 e. The summed E-state index contributed by atoms with van der Waals surface area (Å²) in [5.41, 5.74) is -0.198. The van der Waals surface area contributed by atoms with Gasteiger partial charge in [0.1, 0.15) is 12.3 Å². The fourth-order valence-corrected chi connectivity index (χ4v) is 3.33. The van der Waals surface area contributed by atoms with Gasteiger partial charge in [0.05, 0.1) is 7.11 Å². The highest BCUT2D eigenvalue weighted by molar-refractivity contribution is 6.37. The van der Waals surface area contributed by atoms with Crippen molar-refractivity contribution in [3.05, 3.63) is 46.0 Å². The van der Waals surface area contributed by atoms with Gasteiger partial charge in [-0.3, -0.25) is 10.1 Å². The highest BCUT2D eigenvalue weighted by atomic mass is 16.6. The summed E-state index contributed by atoms with van der Waals surface area (Å²) in [5.74, 6) is -0.728. The Kier molecular flexibility index (Phi) is 7.45. The van der Waals surface area contributed by atoms with E-state index in [-0.39, 0.29) is 23.7 Å². The molecule has 27 heavy (non-hydrogen) atoms. The van der Waals surface area contributed by atoms with Gasteiger partial charge in [0.25, 0.3) is 0 Å². The molecular weight excluding hydrogens is 352 g/mol. The summed E-state index contributed by atoms with van der Waals surface area (Å²) < 4.78 is 9.71. The molecule has 0 aromatic heterocycles. The van der Waals surface area contributed by atoms with Crippen molar-refractivity contribution in [3.8, 4) is 0 Å². The second kappa shape index (κ2) is 9.80. The Hall–Kier alpha value is -2.77. The molecule has 0 bridgehead atoms. The molecule has 1 amide bonds. The van der Waals surface area contributed by atoms with Crippen LogP contribution in [0.25, 0.3) is 0 Å². The predicted octanol–water partition coefficient (Wildman–Crippen LogP) is 3.70. The van der Waals surface area contributed by atoms with Gasteiger partial charge in [0.15, 0.2) is 0 Å². The lowest BCUT2D eigenvalue weighted by Crippen LogP contribution is -2.35. The van der Waals surface area contributed by atoms with Gasteiger partial charge in [-0.1, -0.05) is 30.3 Å². The van der Waals surface area contributed by atoms with Crippen molar-refractivity contribution in [1.82, 2.24) is 0 Å². The van der Waals surface area contributed by atoms with Crippen LogP contribution in [0.3, 0.4) is 0 Å². The number of hydrogen-bond acceptors (Lipinski definition) is 6. The SMILES string of the molecule is COC(=O)C(CCCC1([N+](=O)[O-])CCCC1)=NC(=O)OCc1ccccc1. The molecule has 1 aromatic carbocycles. The van der Waals surface area contributed by atoms with Gasteiger partial charge >= 0.3 is 12.1 Å². The van der Waals surface area contributed by atoms with Gasteiger partial charge in [0, 0.05) is 24.2 Å². The van der Waals surface area contributed by atoms with Crippen molar-refractivity contribution in [2.45, 2.75) is 57.1 Å². The standard InChI is InChI=1S/C19H24N2O6/c1-26-17(22)16(10-7-13-19(21(24)25)11-5-6-12-19)20-18(23)27-14-15-8-3-2-4-9-15/h2-4,8-9H,5-7,10-14H2,1H3. The Bertz CT molecular complexity index is 695. The lowest BCUT2D eigenvalue weighted by molar-refractivity contribution is -0.569. The average Bonchev–Trinajstić information content (AvgIpc) is 3.16. The van der Waals surface area contributed by atoms with E-state index in [2.05, 4.69) is 9.73 Å². The number of esters is 1. The first kappa shape index (κ1) is 20.5. The highest BCUT2D eigenvalue weighted by Crippen LogP contribution is 2.36. The number of rotatable bonds is 8. The Balaban J connectivity index is 1.93. The largest absolute Gasteiger partial charge is 0.465 e. The maximum absolute atomic E-state index is 11.9. The van der Waals surface area contributed by atoms with E-state index in [1.807, 2.05) is 18.2 Å². The minimum atomic E-state index is -0.922. The molecule has 1 aliphatic rings. The van der Waals surface area contributed by atoms with Crippen molar-refractivity contribution >= 4 is 17.8 Å². The average molecular weight is 376 g/mol. The fraction of sp³-hybridized carbons (Fsp3) is 0.526. The van der Waals surface area contributed by atoms with E-state index in [0.29, 0.717) is 25.7 Å². The van der Waals surface area contributed by atoms with Crippen molar-refractivity contribution in [2.75, 3.05) is 7.11 Å². The number of nitro groups is 1. The molecule has 2 rings (SSSR count). The molecule has 0 saturated heterocycles. The molecule has 1 aromatic rings. The monoisotopic (exact) mass is 376 g/mol. The second-order valence-corrected chi connectivity index (χ2v) is 6.63. The number of methoxy groups -OCH3 is 1. The molecule has 0 radical (unpaired) electrons. The Labute approximate surface area is 157 Å². The van der Waals surface area contributed by atoms with E-state index in [1.54, 1.807) is 12.1 Å². The molecule has 0 heterocycles. The van der Waals surface area contributed by atoms with Gasteiger partial charge < -0.3 is 9.47 Å². The molecule has 8 nitrogen and oxygen atoms in total. The second-order valence-electron chi connectivity index (χ2n) is 6.63. The minimum Gasteiger partial charge on any atom is -0.465 e. The lowest BCUT2D eigenvalue weighted by atomic mass is 9.91. The number of hydrogen-bond donors (Lipinski definition) is 0. The minimum absolute atomic E-state index is 0.0437.